The van der Waals surface area contributed by atoms with Gasteiger partial charge in [-0.2, -0.15) is 0 Å². The van der Waals surface area contributed by atoms with Gasteiger partial charge in [-0.25, -0.2) is 9.59 Å². The van der Waals surface area contributed by atoms with Crippen LogP contribution in [0, 0.1) is 6.92 Å². The molecule has 3 aromatic carbocycles. The third-order valence-corrected chi connectivity index (χ3v) is 5.14. The molecule has 0 aliphatic heterocycles. The summed E-state index contributed by atoms with van der Waals surface area (Å²) in [5.74, 6) is -0.350. The maximum absolute atomic E-state index is 12.8. The van der Waals surface area contributed by atoms with E-state index < -0.39 is 11.7 Å². The Kier molecular flexibility index (Phi) is 5.63. The third kappa shape index (κ3) is 3.98. The second-order valence-electron chi connectivity index (χ2n) is 7.22. The van der Waals surface area contributed by atoms with E-state index in [2.05, 4.69) is 5.32 Å². The fourth-order valence-electron chi connectivity index (χ4n) is 3.74. The number of benzene rings is 3. The summed E-state index contributed by atoms with van der Waals surface area (Å²) in [5, 5.41) is 6.18. The molecule has 0 unspecified atom stereocenters. The van der Waals surface area contributed by atoms with Crippen LogP contribution in [0.1, 0.15) is 29.7 Å². The van der Waals surface area contributed by atoms with E-state index in [1.165, 1.54) is 6.07 Å². The zero-order valence-electron chi connectivity index (χ0n) is 17.0. The second-order valence-corrected chi connectivity index (χ2v) is 7.22. The third-order valence-electron chi connectivity index (χ3n) is 5.14. The van der Waals surface area contributed by atoms with Gasteiger partial charge in [0.2, 0.25) is 0 Å². The number of esters is 1. The molecule has 1 aromatic heterocycles. The minimum Gasteiger partial charge on any atom is -0.465 e. The predicted octanol–water partition coefficient (Wildman–Crippen LogP) is 4.65. The van der Waals surface area contributed by atoms with Gasteiger partial charge >= 0.3 is 11.6 Å². The van der Waals surface area contributed by atoms with E-state index in [0.29, 0.717) is 18.7 Å². The van der Waals surface area contributed by atoms with Crippen molar-refractivity contribution in [3.63, 3.8) is 0 Å². The highest BCUT2D eigenvalue weighted by atomic mass is 16.5. The first-order chi connectivity index (χ1) is 14.6. The van der Waals surface area contributed by atoms with Gasteiger partial charge in [0, 0.05) is 18.0 Å². The van der Waals surface area contributed by atoms with Gasteiger partial charge in [0.15, 0.2) is 0 Å². The first-order valence-corrected chi connectivity index (χ1v) is 9.98. The molecule has 0 radical (unpaired) electrons. The van der Waals surface area contributed by atoms with Gasteiger partial charge in [-0.15, -0.1) is 0 Å². The number of ether oxygens (including phenoxy) is 1. The zero-order valence-corrected chi connectivity index (χ0v) is 17.0. The van der Waals surface area contributed by atoms with Crippen molar-refractivity contribution < 1.29 is 13.9 Å². The van der Waals surface area contributed by atoms with Crippen LogP contribution in [0.4, 0.5) is 0 Å². The maximum Gasteiger partial charge on any atom is 0.336 e. The standard InChI is InChI=1S/C25H23NO4/c1-3-29-25(28)24(21-10-6-8-17-7-4-5-9-19(17)21)26-15-18-14-23(27)30-22-13-16(2)11-12-20(18)22/h4-14,24,26H,3,15H2,1-2H3/t24-/m0/s1. The van der Waals surface area contributed by atoms with Crippen molar-refractivity contribution in [2.75, 3.05) is 6.61 Å². The van der Waals surface area contributed by atoms with Crippen LogP contribution >= 0.6 is 0 Å². The summed E-state index contributed by atoms with van der Waals surface area (Å²) >= 11 is 0. The van der Waals surface area contributed by atoms with Crippen molar-refractivity contribution in [2.45, 2.75) is 26.4 Å². The summed E-state index contributed by atoms with van der Waals surface area (Å²) < 4.78 is 10.7. The van der Waals surface area contributed by atoms with Crippen LogP contribution < -0.4 is 10.9 Å². The van der Waals surface area contributed by atoms with Gasteiger partial charge in [-0.3, -0.25) is 5.32 Å². The fourth-order valence-corrected chi connectivity index (χ4v) is 3.74. The summed E-state index contributed by atoms with van der Waals surface area (Å²) in [7, 11) is 0. The maximum atomic E-state index is 12.8. The Morgan fingerprint density at radius 2 is 1.83 bits per heavy atom. The lowest BCUT2D eigenvalue weighted by atomic mass is 9.98. The number of fused-ring (bicyclic) bond motifs is 2. The van der Waals surface area contributed by atoms with Gasteiger partial charge in [-0.05, 0) is 47.4 Å². The monoisotopic (exact) mass is 401 g/mol. The van der Waals surface area contributed by atoms with E-state index in [4.69, 9.17) is 9.15 Å². The molecule has 0 fully saturated rings. The number of carbonyl (C=O) groups excluding carboxylic acids is 1. The summed E-state index contributed by atoms with van der Waals surface area (Å²) in [6, 6.07) is 20.3. The SMILES string of the molecule is CCOC(=O)[C@@H](NCc1cc(=O)oc2cc(C)ccc12)c1cccc2ccccc12. The van der Waals surface area contributed by atoms with Gasteiger partial charge < -0.3 is 9.15 Å². The Balaban J connectivity index is 1.73. The van der Waals surface area contributed by atoms with Crippen LogP contribution in [-0.2, 0) is 16.1 Å². The average molecular weight is 401 g/mol. The van der Waals surface area contributed by atoms with Crippen molar-refractivity contribution >= 4 is 27.7 Å². The number of hydrogen-bond acceptors (Lipinski definition) is 5. The largest absolute Gasteiger partial charge is 0.465 e. The highest BCUT2D eigenvalue weighted by Crippen LogP contribution is 2.26. The highest BCUT2D eigenvalue weighted by Gasteiger charge is 2.23. The van der Waals surface area contributed by atoms with Crippen LogP contribution in [0.2, 0.25) is 0 Å². The fraction of sp³-hybridized carbons (Fsp3) is 0.200. The summed E-state index contributed by atoms with van der Waals surface area (Å²) in [4.78, 5) is 24.9. The number of rotatable bonds is 6. The van der Waals surface area contributed by atoms with E-state index >= 15 is 0 Å². The number of hydrogen-bond donors (Lipinski definition) is 1. The molecule has 1 N–H and O–H groups in total. The Morgan fingerprint density at radius 3 is 2.67 bits per heavy atom. The Bertz CT molecular complexity index is 1270. The van der Waals surface area contributed by atoms with Crippen LogP contribution in [0.15, 0.2) is 75.9 Å². The topological polar surface area (TPSA) is 68.5 Å². The molecule has 5 heteroatoms. The Morgan fingerprint density at radius 1 is 1.03 bits per heavy atom. The number of carbonyl (C=O) groups is 1. The van der Waals surface area contributed by atoms with Crippen molar-refractivity contribution in [1.29, 1.82) is 0 Å². The van der Waals surface area contributed by atoms with Gasteiger partial charge in [-0.1, -0.05) is 54.6 Å². The molecule has 4 aromatic rings. The lowest BCUT2D eigenvalue weighted by Crippen LogP contribution is -2.30. The van der Waals surface area contributed by atoms with E-state index in [9.17, 15) is 9.59 Å². The molecule has 30 heavy (non-hydrogen) atoms. The van der Waals surface area contributed by atoms with E-state index in [0.717, 1.165) is 32.8 Å². The molecule has 152 valence electrons. The normalized spacial score (nSPS) is 12.2. The van der Waals surface area contributed by atoms with Crippen LogP contribution in [0.25, 0.3) is 21.7 Å². The average Bonchev–Trinajstić information content (AvgIpc) is 2.73. The lowest BCUT2D eigenvalue weighted by Gasteiger charge is -2.20. The lowest BCUT2D eigenvalue weighted by molar-refractivity contribution is -0.145. The minimum atomic E-state index is -0.663. The Hall–Kier alpha value is -3.44. The number of aryl methyl sites for hydroxylation is 1. The molecule has 0 bridgehead atoms. The molecule has 0 spiro atoms. The van der Waals surface area contributed by atoms with Crippen LogP contribution in [0.5, 0.6) is 0 Å². The molecular weight excluding hydrogens is 378 g/mol. The molecule has 5 nitrogen and oxygen atoms in total. The molecular formula is C25H23NO4. The Labute approximate surface area is 174 Å². The summed E-state index contributed by atoms with van der Waals surface area (Å²) in [6.45, 7) is 4.34. The highest BCUT2D eigenvalue weighted by molar-refractivity contribution is 5.91. The first kappa shape index (κ1) is 19.9. The minimum absolute atomic E-state index is 0.291. The van der Waals surface area contributed by atoms with Crippen LogP contribution in [0.3, 0.4) is 0 Å². The molecule has 0 aliphatic rings. The summed E-state index contributed by atoms with van der Waals surface area (Å²) in [5.41, 5.74) is 2.75. The zero-order chi connectivity index (χ0) is 21.1. The molecule has 1 heterocycles. The van der Waals surface area contributed by atoms with Gasteiger partial charge in [0.05, 0.1) is 6.61 Å². The molecule has 0 amide bonds. The molecule has 0 saturated heterocycles. The summed E-state index contributed by atoms with van der Waals surface area (Å²) in [6.07, 6.45) is 0. The number of nitrogens with one attached hydrogen (secondary N) is 1. The van der Waals surface area contributed by atoms with Gasteiger partial charge in [0.25, 0.3) is 0 Å². The van der Waals surface area contributed by atoms with E-state index in [-0.39, 0.29) is 5.97 Å². The van der Waals surface area contributed by atoms with Crippen molar-refractivity contribution in [3.05, 3.63) is 93.8 Å². The van der Waals surface area contributed by atoms with Crippen molar-refractivity contribution in [1.82, 2.24) is 5.32 Å². The molecule has 0 aliphatic carbocycles. The second kappa shape index (κ2) is 8.51. The molecule has 0 saturated carbocycles. The quantitative estimate of drug-likeness (QED) is 0.376. The van der Waals surface area contributed by atoms with Crippen molar-refractivity contribution in [3.8, 4) is 0 Å². The van der Waals surface area contributed by atoms with Crippen LogP contribution in [-0.4, -0.2) is 12.6 Å². The smallest absolute Gasteiger partial charge is 0.336 e. The predicted molar refractivity (Wildman–Crippen MR) is 117 cm³/mol. The molecule has 4 rings (SSSR count). The van der Waals surface area contributed by atoms with Gasteiger partial charge in [0.1, 0.15) is 11.6 Å². The first-order valence-electron chi connectivity index (χ1n) is 9.98. The molecule has 1 atom stereocenters. The van der Waals surface area contributed by atoms with E-state index in [1.807, 2.05) is 67.6 Å². The van der Waals surface area contributed by atoms with Crippen molar-refractivity contribution in [2.24, 2.45) is 0 Å². The van der Waals surface area contributed by atoms with E-state index in [1.54, 1.807) is 6.92 Å².